The highest BCUT2D eigenvalue weighted by Gasteiger charge is 2.13. The predicted octanol–water partition coefficient (Wildman–Crippen LogP) is 4.49. The number of nitrogens with one attached hydrogen (secondary N) is 1. The summed E-state index contributed by atoms with van der Waals surface area (Å²) in [5.74, 6) is 3.64. The van der Waals surface area contributed by atoms with Crippen molar-refractivity contribution in [2.75, 3.05) is 23.8 Å². The molecule has 0 aliphatic carbocycles. The van der Waals surface area contributed by atoms with Gasteiger partial charge in [0.25, 0.3) is 0 Å². The topological polar surface area (TPSA) is 12.0 Å². The Balaban J connectivity index is 1.59. The van der Waals surface area contributed by atoms with Gasteiger partial charge in [-0.15, -0.1) is 11.3 Å². The fourth-order valence-corrected chi connectivity index (χ4v) is 5.73. The number of benzene rings is 1. The average molecular weight is 340 g/mol. The summed E-state index contributed by atoms with van der Waals surface area (Å²) in [5.41, 5.74) is 1.86. The molecule has 0 amide bonds. The second kappa shape index (κ2) is 7.68. The molecule has 0 saturated carbocycles. The summed E-state index contributed by atoms with van der Waals surface area (Å²) in [7, 11) is 0. The summed E-state index contributed by atoms with van der Waals surface area (Å²) in [5, 5.41) is 6.20. The van der Waals surface area contributed by atoms with Gasteiger partial charge in [0.05, 0.1) is 0 Å². The minimum absolute atomic E-state index is 0.138. The molecule has 1 aliphatic rings. The monoisotopic (exact) mass is 339 g/mol. The summed E-state index contributed by atoms with van der Waals surface area (Å²) in [6, 6.07) is 9.36. The molecule has 5 heteroatoms. The minimum atomic E-state index is -0.138. The van der Waals surface area contributed by atoms with Crippen molar-refractivity contribution >= 4 is 34.9 Å². The first kappa shape index (κ1) is 15.4. The van der Waals surface area contributed by atoms with Crippen LogP contribution in [0.15, 0.2) is 35.7 Å². The van der Waals surface area contributed by atoms with Crippen LogP contribution in [0.4, 0.5) is 4.39 Å². The van der Waals surface area contributed by atoms with Crippen molar-refractivity contribution in [3.63, 3.8) is 0 Å². The van der Waals surface area contributed by atoms with Gasteiger partial charge in [-0.2, -0.15) is 23.5 Å². The fourth-order valence-electron chi connectivity index (χ4n) is 2.33. The molecule has 1 saturated heterocycles. The van der Waals surface area contributed by atoms with Gasteiger partial charge in [-0.1, -0.05) is 12.1 Å². The molecule has 112 valence electrons. The number of hydrogen-bond donors (Lipinski definition) is 1. The first-order valence-electron chi connectivity index (χ1n) is 7.05. The highest BCUT2D eigenvalue weighted by molar-refractivity contribution is 8.06. The third kappa shape index (κ3) is 4.25. The number of thioether (sulfide) groups is 2. The normalized spacial score (nSPS) is 18.8. The molecule has 3 rings (SSSR count). The zero-order chi connectivity index (χ0) is 14.5. The van der Waals surface area contributed by atoms with Gasteiger partial charge in [-0.25, -0.2) is 4.39 Å². The van der Waals surface area contributed by atoms with E-state index in [1.807, 2.05) is 41.4 Å². The van der Waals surface area contributed by atoms with E-state index >= 15 is 0 Å². The molecule has 1 N–H and O–H groups in total. The number of rotatable bonds is 5. The van der Waals surface area contributed by atoms with Crippen molar-refractivity contribution in [2.24, 2.45) is 0 Å². The highest BCUT2D eigenvalue weighted by atomic mass is 32.2. The third-order valence-electron chi connectivity index (χ3n) is 3.40. The van der Waals surface area contributed by atoms with E-state index in [-0.39, 0.29) is 5.82 Å². The Morgan fingerprint density at radius 1 is 1.24 bits per heavy atom. The lowest BCUT2D eigenvalue weighted by atomic mass is 10.1. The van der Waals surface area contributed by atoms with Crippen LogP contribution in [0.1, 0.15) is 5.56 Å². The van der Waals surface area contributed by atoms with Crippen LogP contribution < -0.4 is 5.32 Å². The van der Waals surface area contributed by atoms with Gasteiger partial charge in [0.15, 0.2) is 0 Å². The lowest BCUT2D eigenvalue weighted by Gasteiger charge is -2.21. The zero-order valence-electron chi connectivity index (χ0n) is 11.7. The van der Waals surface area contributed by atoms with Crippen molar-refractivity contribution < 1.29 is 4.39 Å². The lowest BCUT2D eigenvalue weighted by Crippen LogP contribution is -2.28. The number of thiophene rings is 1. The largest absolute Gasteiger partial charge is 0.312 e. The van der Waals surface area contributed by atoms with E-state index in [1.54, 1.807) is 17.4 Å². The molecule has 1 aliphatic heterocycles. The van der Waals surface area contributed by atoms with E-state index in [9.17, 15) is 4.39 Å². The van der Waals surface area contributed by atoms with E-state index in [2.05, 4.69) is 17.1 Å². The van der Waals surface area contributed by atoms with Crippen LogP contribution in [0.25, 0.3) is 10.4 Å². The Morgan fingerprint density at radius 2 is 2.19 bits per heavy atom. The van der Waals surface area contributed by atoms with Gasteiger partial charge < -0.3 is 5.32 Å². The van der Waals surface area contributed by atoms with Crippen LogP contribution in [0.5, 0.6) is 0 Å². The van der Waals surface area contributed by atoms with E-state index < -0.39 is 0 Å². The molecule has 1 nitrogen and oxygen atoms in total. The summed E-state index contributed by atoms with van der Waals surface area (Å²) in [6.45, 7) is 1.84. The van der Waals surface area contributed by atoms with Crippen molar-refractivity contribution in [3.8, 4) is 10.4 Å². The van der Waals surface area contributed by atoms with E-state index in [0.717, 1.165) is 23.5 Å². The molecule has 1 aromatic carbocycles. The van der Waals surface area contributed by atoms with Crippen molar-refractivity contribution in [1.82, 2.24) is 5.32 Å². The number of hydrogen-bond acceptors (Lipinski definition) is 4. The standard InChI is InChI=1S/C16H18FNS3/c17-15-4-3-12(8-14(15)16-2-1-5-21-16)9-18-10-13-11-19-6-7-20-13/h1-5,8,13,18H,6-7,9-11H2. The summed E-state index contributed by atoms with van der Waals surface area (Å²) < 4.78 is 13.9. The van der Waals surface area contributed by atoms with Gasteiger partial charge in [0.2, 0.25) is 0 Å². The molecule has 1 unspecified atom stereocenters. The maximum absolute atomic E-state index is 13.9. The predicted molar refractivity (Wildman–Crippen MR) is 95.0 cm³/mol. The zero-order valence-corrected chi connectivity index (χ0v) is 14.1. The Labute approximate surface area is 137 Å². The third-order valence-corrected chi connectivity index (χ3v) is 7.15. The Morgan fingerprint density at radius 3 is 2.95 bits per heavy atom. The van der Waals surface area contributed by atoms with Gasteiger partial charge in [0.1, 0.15) is 5.82 Å². The molecular weight excluding hydrogens is 321 g/mol. The van der Waals surface area contributed by atoms with Gasteiger partial charge >= 0.3 is 0 Å². The average Bonchev–Trinajstić information content (AvgIpc) is 3.04. The van der Waals surface area contributed by atoms with Crippen LogP contribution in [0, 0.1) is 5.82 Å². The Hall–Kier alpha value is -0.490. The molecule has 2 heterocycles. The maximum atomic E-state index is 13.9. The fraction of sp³-hybridized carbons (Fsp3) is 0.375. The summed E-state index contributed by atoms with van der Waals surface area (Å²) in [4.78, 5) is 0.994. The van der Waals surface area contributed by atoms with Crippen LogP contribution in [0.2, 0.25) is 0 Å². The van der Waals surface area contributed by atoms with Crippen molar-refractivity contribution in [2.45, 2.75) is 11.8 Å². The van der Waals surface area contributed by atoms with Gasteiger partial charge in [0, 0.05) is 46.0 Å². The van der Waals surface area contributed by atoms with E-state index in [4.69, 9.17) is 0 Å². The molecule has 0 bridgehead atoms. The molecular formula is C16H18FNS3. The molecule has 1 aromatic heterocycles. The van der Waals surface area contributed by atoms with Gasteiger partial charge in [-0.05, 0) is 29.1 Å². The van der Waals surface area contributed by atoms with E-state index in [0.29, 0.717) is 10.8 Å². The van der Waals surface area contributed by atoms with E-state index in [1.165, 1.54) is 17.3 Å². The maximum Gasteiger partial charge on any atom is 0.131 e. The quantitative estimate of drug-likeness (QED) is 0.862. The molecule has 0 spiro atoms. The summed E-state index contributed by atoms with van der Waals surface area (Å²) in [6.07, 6.45) is 0. The first-order chi connectivity index (χ1) is 10.3. The second-order valence-corrected chi connectivity index (χ2v) is 8.50. The molecule has 1 atom stereocenters. The van der Waals surface area contributed by atoms with Crippen LogP contribution >= 0.6 is 34.9 Å². The molecule has 0 radical (unpaired) electrons. The van der Waals surface area contributed by atoms with Crippen LogP contribution in [0.3, 0.4) is 0 Å². The molecule has 2 aromatic rings. The highest BCUT2D eigenvalue weighted by Crippen LogP contribution is 2.28. The lowest BCUT2D eigenvalue weighted by molar-refractivity contribution is 0.629. The molecule has 21 heavy (non-hydrogen) atoms. The molecule has 1 fully saturated rings. The minimum Gasteiger partial charge on any atom is -0.312 e. The second-order valence-electron chi connectivity index (χ2n) is 4.99. The van der Waals surface area contributed by atoms with Gasteiger partial charge in [-0.3, -0.25) is 0 Å². The smallest absolute Gasteiger partial charge is 0.131 e. The van der Waals surface area contributed by atoms with Crippen LogP contribution in [-0.2, 0) is 6.54 Å². The van der Waals surface area contributed by atoms with Crippen molar-refractivity contribution in [1.29, 1.82) is 0 Å². The summed E-state index contributed by atoms with van der Waals surface area (Å²) >= 11 is 5.68. The van der Waals surface area contributed by atoms with Crippen LogP contribution in [-0.4, -0.2) is 29.1 Å². The Bertz CT molecular complexity index is 565. The van der Waals surface area contributed by atoms with Crippen molar-refractivity contribution in [3.05, 3.63) is 47.1 Å². The SMILES string of the molecule is Fc1ccc(CNCC2CSCCS2)cc1-c1cccs1. The first-order valence-corrected chi connectivity index (χ1v) is 10.1. The Kier molecular flexibility index (Phi) is 5.63. The number of halogens is 1.